The lowest BCUT2D eigenvalue weighted by Gasteiger charge is -2.11. The van der Waals surface area contributed by atoms with E-state index in [2.05, 4.69) is 10.6 Å². The third-order valence-corrected chi connectivity index (χ3v) is 3.60. The molecule has 0 aliphatic carbocycles. The highest BCUT2D eigenvalue weighted by Crippen LogP contribution is 2.26. The van der Waals surface area contributed by atoms with E-state index >= 15 is 0 Å². The number of rotatable bonds is 3. The number of carbonyl (C=O) groups excluding carboxylic acids is 1. The molecule has 2 aromatic carbocycles. The zero-order chi connectivity index (χ0) is 17.0. The normalized spacial score (nSPS) is 10.0. The Bertz CT molecular complexity index is 799. The Morgan fingerprint density at radius 2 is 1.83 bits per heavy atom. The minimum atomic E-state index is -0.562. The van der Waals surface area contributed by atoms with E-state index in [1.54, 1.807) is 24.3 Å². The highest BCUT2D eigenvalue weighted by molar-refractivity contribution is 7.80. The first-order chi connectivity index (χ1) is 10.9. The van der Waals surface area contributed by atoms with Gasteiger partial charge in [-0.05, 0) is 30.4 Å². The number of nitrogens with zero attached hydrogens (tertiary/aromatic N) is 1. The predicted octanol–water partition coefficient (Wildman–Crippen LogP) is 4.03. The van der Waals surface area contributed by atoms with Gasteiger partial charge >= 0.3 is 0 Å². The molecule has 2 aromatic rings. The molecular weight excluding hydrogens is 361 g/mol. The summed E-state index contributed by atoms with van der Waals surface area (Å²) in [6, 6.07) is 10.4. The summed E-state index contributed by atoms with van der Waals surface area (Å²) in [5, 5.41) is 16.2. The molecule has 2 rings (SSSR count). The van der Waals surface area contributed by atoms with E-state index in [1.807, 2.05) is 0 Å². The number of nitro groups is 1. The zero-order valence-electron chi connectivity index (χ0n) is 11.4. The third kappa shape index (κ3) is 4.38. The zero-order valence-corrected chi connectivity index (χ0v) is 13.7. The van der Waals surface area contributed by atoms with Gasteiger partial charge in [0.25, 0.3) is 11.6 Å². The number of hydrogen-bond donors (Lipinski definition) is 2. The van der Waals surface area contributed by atoms with Crippen LogP contribution in [0.4, 0.5) is 11.4 Å². The van der Waals surface area contributed by atoms with Crippen molar-refractivity contribution in [3.05, 3.63) is 68.2 Å². The van der Waals surface area contributed by atoms with E-state index in [9.17, 15) is 14.9 Å². The number of carbonyl (C=O) groups is 1. The first-order valence-corrected chi connectivity index (χ1v) is 7.35. The molecule has 0 saturated heterocycles. The number of non-ortho nitro benzene ring substituents is 1. The van der Waals surface area contributed by atoms with Crippen molar-refractivity contribution >= 4 is 57.8 Å². The first-order valence-electron chi connectivity index (χ1n) is 6.19. The minimum Gasteiger partial charge on any atom is -0.331 e. The van der Waals surface area contributed by atoms with Crippen LogP contribution in [-0.2, 0) is 0 Å². The highest BCUT2D eigenvalue weighted by atomic mass is 35.5. The van der Waals surface area contributed by atoms with E-state index in [0.717, 1.165) is 0 Å². The number of amides is 1. The Hall–Kier alpha value is -2.22. The van der Waals surface area contributed by atoms with Crippen LogP contribution < -0.4 is 10.6 Å². The highest BCUT2D eigenvalue weighted by Gasteiger charge is 2.13. The molecule has 0 unspecified atom stereocenters. The van der Waals surface area contributed by atoms with Crippen molar-refractivity contribution in [1.82, 2.24) is 5.32 Å². The summed E-state index contributed by atoms with van der Waals surface area (Å²) in [4.78, 5) is 22.1. The minimum absolute atomic E-state index is 0.00864. The summed E-state index contributed by atoms with van der Waals surface area (Å²) in [6.45, 7) is 0. The Labute approximate surface area is 146 Å². The Kier molecular flexibility index (Phi) is 5.49. The van der Waals surface area contributed by atoms with Gasteiger partial charge in [0.05, 0.1) is 26.2 Å². The molecule has 0 fully saturated rings. The maximum absolute atomic E-state index is 12.0. The molecule has 2 N–H and O–H groups in total. The van der Waals surface area contributed by atoms with Gasteiger partial charge in [0, 0.05) is 12.1 Å². The Morgan fingerprint density at radius 3 is 2.43 bits per heavy atom. The molecule has 0 aliphatic heterocycles. The summed E-state index contributed by atoms with van der Waals surface area (Å²) in [7, 11) is 0. The van der Waals surface area contributed by atoms with E-state index in [0.29, 0.717) is 10.7 Å². The molecule has 9 heteroatoms. The lowest BCUT2D eigenvalue weighted by Crippen LogP contribution is -2.34. The van der Waals surface area contributed by atoms with Gasteiger partial charge < -0.3 is 5.32 Å². The number of thiocarbonyl (C=S) groups is 1. The monoisotopic (exact) mass is 369 g/mol. The molecule has 23 heavy (non-hydrogen) atoms. The number of halogens is 2. The van der Waals surface area contributed by atoms with Crippen molar-refractivity contribution in [3.63, 3.8) is 0 Å². The first kappa shape index (κ1) is 17.1. The van der Waals surface area contributed by atoms with Gasteiger partial charge in [0.1, 0.15) is 0 Å². The van der Waals surface area contributed by atoms with Gasteiger partial charge in [-0.1, -0.05) is 35.3 Å². The summed E-state index contributed by atoms with van der Waals surface area (Å²) in [5.74, 6) is -0.480. The van der Waals surface area contributed by atoms with E-state index < -0.39 is 10.8 Å². The second kappa shape index (κ2) is 7.36. The van der Waals surface area contributed by atoms with Crippen LogP contribution in [0.3, 0.4) is 0 Å². The van der Waals surface area contributed by atoms with Gasteiger partial charge in [0.15, 0.2) is 5.11 Å². The van der Waals surface area contributed by atoms with E-state index in [4.69, 9.17) is 35.4 Å². The van der Waals surface area contributed by atoms with Crippen molar-refractivity contribution in [1.29, 1.82) is 0 Å². The second-order valence-corrected chi connectivity index (χ2v) is 5.53. The number of hydrogen-bond acceptors (Lipinski definition) is 4. The lowest BCUT2D eigenvalue weighted by molar-refractivity contribution is -0.384. The molecule has 6 nitrogen and oxygen atoms in total. The number of anilines is 1. The molecule has 0 atom stereocenters. The summed E-state index contributed by atoms with van der Waals surface area (Å²) >= 11 is 16.9. The van der Waals surface area contributed by atoms with Crippen molar-refractivity contribution in [2.45, 2.75) is 0 Å². The van der Waals surface area contributed by atoms with Crippen LogP contribution in [0, 0.1) is 10.1 Å². The molecule has 0 aliphatic rings. The molecule has 0 spiro atoms. The SMILES string of the molecule is O=C(NC(=S)Nc1ccc([N+](=O)[O-])cc1Cl)c1ccccc1Cl. The van der Waals surface area contributed by atoms with Gasteiger partial charge in [-0.3, -0.25) is 20.2 Å². The summed E-state index contributed by atoms with van der Waals surface area (Å²) < 4.78 is 0. The van der Waals surface area contributed by atoms with Gasteiger partial charge in [-0.2, -0.15) is 0 Å². The van der Waals surface area contributed by atoms with Crippen LogP contribution in [0.2, 0.25) is 10.0 Å². The van der Waals surface area contributed by atoms with Crippen molar-refractivity contribution in [2.24, 2.45) is 0 Å². The fourth-order valence-corrected chi connectivity index (χ4v) is 2.33. The number of benzene rings is 2. The summed E-state index contributed by atoms with van der Waals surface area (Å²) in [6.07, 6.45) is 0. The molecular formula is C14H9Cl2N3O3S. The Balaban J connectivity index is 2.07. The molecule has 1 amide bonds. The number of nitrogens with one attached hydrogen (secondary N) is 2. The van der Waals surface area contributed by atoms with Gasteiger partial charge in [0.2, 0.25) is 0 Å². The lowest BCUT2D eigenvalue weighted by atomic mass is 10.2. The standard InChI is InChI=1S/C14H9Cl2N3O3S/c15-10-4-2-1-3-9(10)13(20)18-14(23)17-12-6-5-8(19(21)22)7-11(12)16/h1-7H,(H2,17,18,20,23). The van der Waals surface area contributed by atoms with Crippen LogP contribution in [0.15, 0.2) is 42.5 Å². The fourth-order valence-electron chi connectivity index (χ4n) is 1.69. The molecule has 0 bridgehead atoms. The summed E-state index contributed by atoms with van der Waals surface area (Å²) in [5.41, 5.74) is 0.460. The van der Waals surface area contributed by atoms with Crippen molar-refractivity contribution in [3.8, 4) is 0 Å². The van der Waals surface area contributed by atoms with Crippen molar-refractivity contribution < 1.29 is 9.72 Å². The molecule has 0 heterocycles. The molecule has 0 radical (unpaired) electrons. The topological polar surface area (TPSA) is 84.3 Å². The fraction of sp³-hybridized carbons (Fsp3) is 0. The van der Waals surface area contributed by atoms with Crippen LogP contribution in [0.5, 0.6) is 0 Å². The average molecular weight is 370 g/mol. The molecule has 0 aromatic heterocycles. The van der Waals surface area contributed by atoms with Crippen LogP contribution in [0.1, 0.15) is 10.4 Å². The maximum atomic E-state index is 12.0. The third-order valence-electron chi connectivity index (χ3n) is 2.76. The van der Waals surface area contributed by atoms with Gasteiger partial charge in [-0.15, -0.1) is 0 Å². The maximum Gasteiger partial charge on any atom is 0.271 e. The smallest absolute Gasteiger partial charge is 0.271 e. The van der Waals surface area contributed by atoms with Crippen LogP contribution >= 0.6 is 35.4 Å². The average Bonchev–Trinajstić information content (AvgIpc) is 2.49. The molecule has 118 valence electrons. The quantitative estimate of drug-likeness (QED) is 0.484. The van der Waals surface area contributed by atoms with E-state index in [-0.39, 0.29) is 21.4 Å². The van der Waals surface area contributed by atoms with Crippen LogP contribution in [0.25, 0.3) is 0 Å². The van der Waals surface area contributed by atoms with Crippen molar-refractivity contribution in [2.75, 3.05) is 5.32 Å². The van der Waals surface area contributed by atoms with E-state index in [1.165, 1.54) is 18.2 Å². The Morgan fingerprint density at radius 1 is 1.13 bits per heavy atom. The van der Waals surface area contributed by atoms with Gasteiger partial charge in [-0.25, -0.2) is 0 Å². The largest absolute Gasteiger partial charge is 0.331 e. The molecule has 0 saturated carbocycles. The second-order valence-electron chi connectivity index (χ2n) is 4.31. The van der Waals surface area contributed by atoms with Crippen LogP contribution in [-0.4, -0.2) is 15.9 Å². The predicted molar refractivity (Wildman–Crippen MR) is 93.2 cm³/mol. The number of nitro benzene ring substituents is 1.